The third-order valence-corrected chi connectivity index (χ3v) is 1.88. The largest absolute Gasteiger partial charge is 0.381 e. The smallest absolute Gasteiger partial charge is 0.220 e. The van der Waals surface area contributed by atoms with Gasteiger partial charge in [0, 0.05) is 19.1 Å². The Kier molecular flexibility index (Phi) is 7.69. The predicted octanol–water partition coefficient (Wildman–Crippen LogP) is 1.52. The summed E-state index contributed by atoms with van der Waals surface area (Å²) in [4.78, 5) is 10.6. The lowest BCUT2D eigenvalue weighted by molar-refractivity contribution is -0.121. The van der Waals surface area contributed by atoms with Crippen LogP contribution in [0.1, 0.15) is 33.1 Å². The monoisotopic (exact) mass is 186 g/mol. The van der Waals surface area contributed by atoms with E-state index in [1.807, 2.05) is 13.3 Å². The first kappa shape index (κ1) is 12.4. The fourth-order valence-electron chi connectivity index (χ4n) is 0.847. The van der Waals surface area contributed by atoms with Gasteiger partial charge in [-0.3, -0.25) is 4.79 Å². The second-order valence-electron chi connectivity index (χ2n) is 3.26. The van der Waals surface area contributed by atoms with Crippen molar-refractivity contribution in [3.05, 3.63) is 6.42 Å². The zero-order chi connectivity index (χ0) is 10.1. The molecule has 0 saturated carbocycles. The highest BCUT2D eigenvalue weighted by atomic mass is 16.5. The van der Waals surface area contributed by atoms with Gasteiger partial charge in [-0.1, -0.05) is 20.3 Å². The van der Waals surface area contributed by atoms with E-state index in [1.165, 1.54) is 0 Å². The third-order valence-electron chi connectivity index (χ3n) is 1.88. The van der Waals surface area contributed by atoms with E-state index in [0.29, 0.717) is 13.0 Å². The molecule has 1 atom stereocenters. The summed E-state index contributed by atoms with van der Waals surface area (Å²) in [5.41, 5.74) is 5.10. The van der Waals surface area contributed by atoms with Gasteiger partial charge >= 0.3 is 0 Å². The van der Waals surface area contributed by atoms with Gasteiger partial charge in [-0.25, -0.2) is 0 Å². The van der Waals surface area contributed by atoms with E-state index in [9.17, 15) is 4.79 Å². The Morgan fingerprint density at radius 3 is 2.85 bits per heavy atom. The van der Waals surface area contributed by atoms with Crippen molar-refractivity contribution in [1.82, 2.24) is 0 Å². The molecule has 0 aliphatic heterocycles. The van der Waals surface area contributed by atoms with Gasteiger partial charge < -0.3 is 10.5 Å². The highest BCUT2D eigenvalue weighted by molar-refractivity contribution is 5.76. The molecule has 0 saturated heterocycles. The molecule has 77 valence electrons. The summed E-state index contributed by atoms with van der Waals surface area (Å²) in [5.74, 6) is -0.320. The van der Waals surface area contributed by atoms with E-state index < -0.39 is 0 Å². The van der Waals surface area contributed by atoms with Crippen molar-refractivity contribution in [2.75, 3.05) is 13.2 Å². The van der Waals surface area contributed by atoms with Crippen molar-refractivity contribution in [2.24, 2.45) is 11.7 Å². The van der Waals surface area contributed by atoms with Crippen molar-refractivity contribution in [3.8, 4) is 0 Å². The van der Waals surface area contributed by atoms with Gasteiger partial charge in [0.15, 0.2) is 0 Å². The van der Waals surface area contributed by atoms with Crippen LogP contribution < -0.4 is 5.73 Å². The molecule has 1 radical (unpaired) electrons. The zero-order valence-corrected chi connectivity index (χ0v) is 8.58. The van der Waals surface area contributed by atoms with Crippen LogP contribution >= 0.6 is 0 Å². The molecule has 1 amide bonds. The number of primary amides is 1. The van der Waals surface area contributed by atoms with Gasteiger partial charge in [0.05, 0.1) is 0 Å². The summed E-state index contributed by atoms with van der Waals surface area (Å²) >= 11 is 0. The van der Waals surface area contributed by atoms with E-state index in [1.54, 1.807) is 0 Å². The molecule has 0 aliphatic carbocycles. The fourth-order valence-corrected chi connectivity index (χ4v) is 0.847. The second-order valence-corrected chi connectivity index (χ2v) is 3.26. The predicted molar refractivity (Wildman–Crippen MR) is 53.0 cm³/mol. The minimum atomic E-state index is -0.246. The zero-order valence-electron chi connectivity index (χ0n) is 8.58. The van der Waals surface area contributed by atoms with E-state index in [0.717, 1.165) is 19.4 Å². The summed E-state index contributed by atoms with van der Waals surface area (Å²) in [7, 11) is 0. The van der Waals surface area contributed by atoms with E-state index in [4.69, 9.17) is 10.5 Å². The molecule has 0 heterocycles. The Morgan fingerprint density at radius 2 is 2.31 bits per heavy atom. The van der Waals surface area contributed by atoms with Gasteiger partial charge in [0.25, 0.3) is 0 Å². The lowest BCUT2D eigenvalue weighted by Crippen LogP contribution is -2.20. The molecule has 0 aromatic heterocycles. The van der Waals surface area contributed by atoms with Gasteiger partial charge in [0.1, 0.15) is 0 Å². The summed E-state index contributed by atoms with van der Waals surface area (Å²) < 4.78 is 5.30. The lowest BCUT2D eigenvalue weighted by Gasteiger charge is -2.06. The van der Waals surface area contributed by atoms with Crippen LogP contribution in [0.2, 0.25) is 0 Å². The van der Waals surface area contributed by atoms with Crippen molar-refractivity contribution in [3.63, 3.8) is 0 Å². The Labute approximate surface area is 80.6 Å². The Hall–Kier alpha value is -0.570. The average Bonchev–Trinajstić information content (AvgIpc) is 2.10. The molecular formula is C10H20NO2. The maximum atomic E-state index is 10.6. The molecule has 0 fully saturated rings. The molecule has 0 aliphatic rings. The van der Waals surface area contributed by atoms with Crippen LogP contribution in [0.25, 0.3) is 0 Å². The van der Waals surface area contributed by atoms with E-state index in [2.05, 4.69) is 6.92 Å². The molecule has 0 aromatic carbocycles. The topological polar surface area (TPSA) is 52.3 Å². The number of ether oxygens (including phenoxy) is 1. The minimum absolute atomic E-state index is 0.0743. The summed E-state index contributed by atoms with van der Waals surface area (Å²) in [6.45, 7) is 5.38. The maximum Gasteiger partial charge on any atom is 0.220 e. The highest BCUT2D eigenvalue weighted by Crippen LogP contribution is 2.03. The lowest BCUT2D eigenvalue weighted by atomic mass is 10.1. The quantitative estimate of drug-likeness (QED) is 0.584. The normalized spacial score (nSPS) is 12.8. The Morgan fingerprint density at radius 1 is 1.62 bits per heavy atom. The number of hydrogen-bond donors (Lipinski definition) is 1. The van der Waals surface area contributed by atoms with Gasteiger partial charge in [0.2, 0.25) is 5.91 Å². The molecule has 0 bridgehead atoms. The first-order chi connectivity index (χ1) is 6.18. The van der Waals surface area contributed by atoms with E-state index in [-0.39, 0.29) is 11.8 Å². The number of hydrogen-bond acceptors (Lipinski definition) is 2. The SMILES string of the molecule is CCCCOC[CH]C[C@H](C)C(N)=O. The van der Waals surface area contributed by atoms with Crippen LogP contribution in [0, 0.1) is 12.3 Å². The molecule has 13 heavy (non-hydrogen) atoms. The van der Waals surface area contributed by atoms with Gasteiger partial charge in [-0.2, -0.15) is 0 Å². The molecule has 3 nitrogen and oxygen atoms in total. The van der Waals surface area contributed by atoms with Crippen LogP contribution in [-0.4, -0.2) is 19.1 Å². The molecular weight excluding hydrogens is 166 g/mol. The van der Waals surface area contributed by atoms with Gasteiger partial charge in [-0.05, 0) is 19.3 Å². The molecule has 2 N–H and O–H groups in total. The average molecular weight is 186 g/mol. The molecule has 3 heteroatoms. The summed E-state index contributed by atoms with van der Waals surface area (Å²) in [6, 6.07) is 0. The number of carbonyl (C=O) groups excluding carboxylic acids is 1. The number of carbonyl (C=O) groups is 1. The van der Waals surface area contributed by atoms with Crippen LogP contribution in [0.5, 0.6) is 0 Å². The first-order valence-corrected chi connectivity index (χ1v) is 4.87. The van der Waals surface area contributed by atoms with Crippen molar-refractivity contribution in [2.45, 2.75) is 33.1 Å². The van der Waals surface area contributed by atoms with Crippen molar-refractivity contribution in [1.29, 1.82) is 0 Å². The van der Waals surface area contributed by atoms with Crippen LogP contribution in [0.15, 0.2) is 0 Å². The third kappa shape index (κ3) is 7.78. The van der Waals surface area contributed by atoms with Crippen molar-refractivity contribution >= 4 is 5.91 Å². The molecule has 0 spiro atoms. The maximum absolute atomic E-state index is 10.6. The van der Waals surface area contributed by atoms with Crippen LogP contribution in [0.4, 0.5) is 0 Å². The van der Waals surface area contributed by atoms with Crippen molar-refractivity contribution < 1.29 is 9.53 Å². The second kappa shape index (κ2) is 8.05. The summed E-state index contributed by atoms with van der Waals surface area (Å²) in [5, 5.41) is 0. The number of rotatable bonds is 8. The standard InChI is InChI=1S/C10H20NO2/c1-3-4-7-13-8-5-6-9(2)10(11)12/h5,9H,3-4,6-8H2,1-2H3,(H2,11,12)/t9-/m0/s1. The fraction of sp³-hybridized carbons (Fsp3) is 0.800. The summed E-state index contributed by atoms with van der Waals surface area (Å²) in [6.07, 6.45) is 4.92. The van der Waals surface area contributed by atoms with Crippen LogP contribution in [0.3, 0.4) is 0 Å². The molecule has 0 aromatic rings. The minimum Gasteiger partial charge on any atom is -0.381 e. The van der Waals surface area contributed by atoms with Gasteiger partial charge in [-0.15, -0.1) is 0 Å². The number of unbranched alkanes of at least 4 members (excludes halogenated alkanes) is 1. The number of amides is 1. The first-order valence-electron chi connectivity index (χ1n) is 4.87. The highest BCUT2D eigenvalue weighted by Gasteiger charge is 2.07. The number of nitrogens with two attached hydrogens (primary N) is 1. The molecule has 0 unspecified atom stereocenters. The Bertz CT molecular complexity index is 137. The van der Waals surface area contributed by atoms with Crippen LogP contribution in [-0.2, 0) is 9.53 Å². The Balaban J connectivity index is 3.11. The van der Waals surface area contributed by atoms with E-state index >= 15 is 0 Å². The molecule has 0 rings (SSSR count).